The van der Waals surface area contributed by atoms with Crippen molar-refractivity contribution in [3.05, 3.63) is 58.6 Å². The number of hydrogen-bond donors (Lipinski definition) is 0. The Hall–Kier alpha value is -3.06. The number of benzene rings is 2. The van der Waals surface area contributed by atoms with Gasteiger partial charge in [-0.25, -0.2) is 0 Å². The number of para-hydroxylation sites is 1. The van der Waals surface area contributed by atoms with Crippen LogP contribution in [0.2, 0.25) is 5.02 Å². The first-order valence-corrected chi connectivity index (χ1v) is 10.2. The Morgan fingerprint density at radius 2 is 1.77 bits per heavy atom. The molecule has 0 aliphatic carbocycles. The molecule has 0 aromatic heterocycles. The molecule has 0 atom stereocenters. The summed E-state index contributed by atoms with van der Waals surface area (Å²) in [6.07, 6.45) is 2.29. The van der Waals surface area contributed by atoms with Crippen molar-refractivity contribution in [3.8, 4) is 0 Å². The van der Waals surface area contributed by atoms with Crippen molar-refractivity contribution in [2.24, 2.45) is 0 Å². The number of fused-ring (bicyclic) bond motifs is 1. The second kappa shape index (κ2) is 8.36. The summed E-state index contributed by atoms with van der Waals surface area (Å²) in [5.41, 5.74) is 2.60. The normalized spacial score (nSPS) is 16.3. The van der Waals surface area contributed by atoms with Crippen LogP contribution < -0.4 is 9.80 Å². The fourth-order valence-corrected chi connectivity index (χ4v) is 4.12. The van der Waals surface area contributed by atoms with Crippen molar-refractivity contribution in [3.63, 3.8) is 0 Å². The zero-order valence-electron chi connectivity index (χ0n) is 16.6. The second-order valence-electron chi connectivity index (χ2n) is 7.39. The molecule has 0 N–H and O–H groups in total. The maximum absolute atomic E-state index is 13.4. The summed E-state index contributed by atoms with van der Waals surface area (Å²) in [4.78, 5) is 46.1. The fraction of sp³-hybridized carbons (Fsp3) is 0.318. The van der Waals surface area contributed by atoms with Crippen LogP contribution >= 0.6 is 11.6 Å². The molecule has 1 fully saturated rings. The Morgan fingerprint density at radius 1 is 1.03 bits per heavy atom. The van der Waals surface area contributed by atoms with E-state index in [1.165, 1.54) is 11.8 Å². The predicted molar refractivity (Wildman–Crippen MR) is 113 cm³/mol. The van der Waals surface area contributed by atoms with Crippen LogP contribution in [0, 0.1) is 0 Å². The van der Waals surface area contributed by atoms with Gasteiger partial charge in [0.2, 0.25) is 0 Å². The molecule has 30 heavy (non-hydrogen) atoms. The average Bonchev–Trinajstić information content (AvgIpc) is 3.22. The van der Waals surface area contributed by atoms with Gasteiger partial charge in [-0.1, -0.05) is 29.8 Å². The largest absolute Gasteiger partial charge is 0.371 e. The Bertz CT molecular complexity index is 1000. The lowest BCUT2D eigenvalue weighted by atomic mass is 10.1. The van der Waals surface area contributed by atoms with Crippen molar-refractivity contribution < 1.29 is 19.2 Å². The third-order valence-electron chi connectivity index (χ3n) is 5.31. The highest BCUT2D eigenvalue weighted by atomic mass is 35.5. The summed E-state index contributed by atoms with van der Waals surface area (Å²) in [5, 5.41) is 1.34. The van der Waals surface area contributed by atoms with Gasteiger partial charge in [-0.05, 0) is 42.7 Å². The van der Waals surface area contributed by atoms with Gasteiger partial charge in [0.05, 0.1) is 17.1 Å². The Balaban J connectivity index is 1.66. The Morgan fingerprint density at radius 3 is 2.47 bits per heavy atom. The van der Waals surface area contributed by atoms with Gasteiger partial charge in [0.1, 0.15) is 6.54 Å². The summed E-state index contributed by atoms with van der Waals surface area (Å²) < 4.78 is 0. The number of halogens is 1. The van der Waals surface area contributed by atoms with Gasteiger partial charge in [0.25, 0.3) is 11.8 Å². The van der Waals surface area contributed by atoms with Crippen molar-refractivity contribution in [2.45, 2.75) is 26.3 Å². The Kier molecular flexibility index (Phi) is 5.63. The average molecular weight is 428 g/mol. The van der Waals surface area contributed by atoms with E-state index in [0.29, 0.717) is 21.8 Å². The third kappa shape index (κ3) is 3.98. The number of amides is 2. The number of hydrogen-bond acceptors (Lipinski definition) is 5. The molecular weight excluding hydrogens is 406 g/mol. The molecule has 2 aliphatic rings. The maximum Gasteiger partial charge on any atom is 0.329 e. The highest BCUT2D eigenvalue weighted by Crippen LogP contribution is 2.31. The second-order valence-corrected chi connectivity index (χ2v) is 7.80. The summed E-state index contributed by atoms with van der Waals surface area (Å²) in [7, 11) is 0. The lowest BCUT2D eigenvalue weighted by Crippen LogP contribution is -2.40. The monoisotopic (exact) mass is 427 g/mol. The molecule has 0 spiro atoms. The van der Waals surface area contributed by atoms with Crippen LogP contribution in [0.1, 0.15) is 35.7 Å². The number of anilines is 2. The van der Waals surface area contributed by atoms with Crippen LogP contribution in [-0.4, -0.2) is 42.5 Å². The van der Waals surface area contributed by atoms with Crippen LogP contribution in [0.3, 0.4) is 0 Å². The van der Waals surface area contributed by atoms with E-state index in [1.807, 2.05) is 6.07 Å². The van der Waals surface area contributed by atoms with Crippen molar-refractivity contribution in [2.75, 3.05) is 29.4 Å². The highest BCUT2D eigenvalue weighted by molar-refractivity contribution is 6.35. The van der Waals surface area contributed by atoms with Gasteiger partial charge in [-0.15, -0.1) is 0 Å². The number of hydroxylamine groups is 2. The first kappa shape index (κ1) is 20.2. The number of rotatable bonds is 3. The van der Waals surface area contributed by atoms with Gasteiger partial charge in [0, 0.05) is 31.4 Å². The van der Waals surface area contributed by atoms with Crippen LogP contribution in [0.4, 0.5) is 11.4 Å². The predicted octanol–water partition coefficient (Wildman–Crippen LogP) is 3.41. The van der Waals surface area contributed by atoms with E-state index >= 15 is 0 Å². The SMILES string of the molecule is CC(=O)ON1Cc2ccccc2N(C(=O)c2ccc(N3CCCC3)cc2Cl)CC1=O. The standard InChI is InChI=1S/C22H22ClN3O4/c1-15(27)30-26-13-16-6-2-3-7-20(16)25(14-21(26)28)22(29)18-9-8-17(12-19(18)23)24-10-4-5-11-24/h2-3,6-9,12H,4-5,10-11,13-14H2,1H3. The molecule has 2 amide bonds. The molecule has 0 bridgehead atoms. The fourth-order valence-electron chi connectivity index (χ4n) is 3.86. The molecule has 2 heterocycles. The van der Waals surface area contributed by atoms with E-state index < -0.39 is 11.9 Å². The highest BCUT2D eigenvalue weighted by Gasteiger charge is 2.32. The molecule has 0 unspecified atom stereocenters. The van der Waals surface area contributed by atoms with Crippen molar-refractivity contribution >= 4 is 40.8 Å². The number of carbonyl (C=O) groups is 3. The zero-order valence-corrected chi connectivity index (χ0v) is 17.4. The first-order chi connectivity index (χ1) is 14.4. The topological polar surface area (TPSA) is 70.2 Å². The first-order valence-electron chi connectivity index (χ1n) is 9.87. The van der Waals surface area contributed by atoms with Gasteiger partial charge < -0.3 is 9.74 Å². The summed E-state index contributed by atoms with van der Waals surface area (Å²) >= 11 is 6.48. The number of carbonyl (C=O) groups excluding carboxylic acids is 3. The van der Waals surface area contributed by atoms with E-state index in [1.54, 1.807) is 36.4 Å². The molecule has 7 nitrogen and oxygen atoms in total. The molecule has 156 valence electrons. The van der Waals surface area contributed by atoms with Gasteiger partial charge in [-0.2, -0.15) is 5.06 Å². The summed E-state index contributed by atoms with van der Waals surface area (Å²) in [6, 6.07) is 12.6. The molecular formula is C22H22ClN3O4. The lowest BCUT2D eigenvalue weighted by Gasteiger charge is -2.23. The molecule has 2 aromatic rings. The minimum absolute atomic E-state index is 0.0694. The quantitative estimate of drug-likeness (QED) is 0.750. The number of nitrogens with zero attached hydrogens (tertiary/aromatic N) is 3. The van der Waals surface area contributed by atoms with Crippen LogP contribution in [0.5, 0.6) is 0 Å². The van der Waals surface area contributed by atoms with E-state index in [2.05, 4.69) is 4.90 Å². The minimum Gasteiger partial charge on any atom is -0.371 e. The van der Waals surface area contributed by atoms with Crippen LogP contribution in [0.25, 0.3) is 0 Å². The molecule has 1 saturated heterocycles. The van der Waals surface area contributed by atoms with Gasteiger partial charge in [-0.3, -0.25) is 19.3 Å². The molecule has 8 heteroatoms. The van der Waals surface area contributed by atoms with Crippen molar-refractivity contribution in [1.29, 1.82) is 0 Å². The van der Waals surface area contributed by atoms with E-state index in [0.717, 1.165) is 36.7 Å². The van der Waals surface area contributed by atoms with E-state index in [-0.39, 0.29) is 19.0 Å². The molecule has 2 aliphatic heterocycles. The van der Waals surface area contributed by atoms with E-state index in [9.17, 15) is 14.4 Å². The van der Waals surface area contributed by atoms with E-state index in [4.69, 9.17) is 16.4 Å². The maximum atomic E-state index is 13.4. The molecule has 0 radical (unpaired) electrons. The smallest absolute Gasteiger partial charge is 0.329 e. The molecule has 0 saturated carbocycles. The zero-order chi connectivity index (χ0) is 21.3. The lowest BCUT2D eigenvalue weighted by molar-refractivity contribution is -0.197. The minimum atomic E-state index is -0.596. The van der Waals surface area contributed by atoms with Crippen LogP contribution in [0.15, 0.2) is 42.5 Å². The van der Waals surface area contributed by atoms with Crippen molar-refractivity contribution in [1.82, 2.24) is 5.06 Å². The molecule has 4 rings (SSSR count). The third-order valence-corrected chi connectivity index (χ3v) is 5.62. The van der Waals surface area contributed by atoms with Gasteiger partial charge >= 0.3 is 5.97 Å². The summed E-state index contributed by atoms with van der Waals surface area (Å²) in [5.74, 6) is -1.46. The van der Waals surface area contributed by atoms with Crippen LogP contribution in [-0.2, 0) is 21.0 Å². The Labute approximate surface area is 179 Å². The summed E-state index contributed by atoms with van der Waals surface area (Å²) in [6.45, 7) is 3.00. The molecule has 2 aromatic carbocycles. The van der Waals surface area contributed by atoms with Gasteiger partial charge in [0.15, 0.2) is 0 Å².